The molecule has 8 nitrogen and oxygen atoms in total. The van der Waals surface area contributed by atoms with Crippen molar-refractivity contribution < 1.29 is 14.5 Å². The first kappa shape index (κ1) is 22.6. The van der Waals surface area contributed by atoms with Crippen molar-refractivity contribution in [2.75, 3.05) is 5.32 Å². The molecule has 1 aromatic heterocycles. The molecule has 1 unspecified atom stereocenters. The molecule has 0 aliphatic rings. The number of rotatable bonds is 7. The lowest BCUT2D eigenvalue weighted by atomic mass is 10.1. The fraction of sp³-hybridized carbons (Fsp3) is 0.115. The van der Waals surface area contributed by atoms with Crippen molar-refractivity contribution in [3.63, 3.8) is 0 Å². The molecular formula is C26H22N4O4. The van der Waals surface area contributed by atoms with Crippen LogP contribution in [0.15, 0.2) is 85.1 Å². The Bertz CT molecular complexity index is 1360. The van der Waals surface area contributed by atoms with Gasteiger partial charge in [0.2, 0.25) is 0 Å². The van der Waals surface area contributed by atoms with Crippen LogP contribution < -0.4 is 10.6 Å². The monoisotopic (exact) mass is 454 g/mol. The molecule has 0 radical (unpaired) electrons. The van der Waals surface area contributed by atoms with E-state index < -0.39 is 10.8 Å². The topological polar surface area (TPSA) is 114 Å². The van der Waals surface area contributed by atoms with E-state index in [1.807, 2.05) is 43.3 Å². The third-order valence-corrected chi connectivity index (χ3v) is 5.37. The molecule has 2 N–H and O–H groups in total. The van der Waals surface area contributed by atoms with Crippen LogP contribution in [-0.4, -0.2) is 27.8 Å². The van der Waals surface area contributed by atoms with Gasteiger partial charge in [0, 0.05) is 29.4 Å². The van der Waals surface area contributed by atoms with Crippen LogP contribution in [0.3, 0.4) is 0 Å². The number of fused-ring (bicyclic) bond motifs is 1. The molecule has 170 valence electrons. The zero-order valence-electron chi connectivity index (χ0n) is 18.4. The second-order valence-corrected chi connectivity index (χ2v) is 7.88. The van der Waals surface area contributed by atoms with E-state index in [2.05, 4.69) is 15.6 Å². The van der Waals surface area contributed by atoms with E-state index in [4.69, 9.17) is 0 Å². The van der Waals surface area contributed by atoms with E-state index in [0.29, 0.717) is 17.7 Å². The third-order valence-electron chi connectivity index (χ3n) is 5.37. The molecule has 0 spiro atoms. The highest BCUT2D eigenvalue weighted by atomic mass is 16.6. The summed E-state index contributed by atoms with van der Waals surface area (Å²) in [7, 11) is 0. The highest BCUT2D eigenvalue weighted by molar-refractivity contribution is 6.12. The Balaban J connectivity index is 1.38. The Morgan fingerprint density at radius 3 is 2.38 bits per heavy atom. The number of nitro groups is 1. The number of anilines is 1. The summed E-state index contributed by atoms with van der Waals surface area (Å²) in [6.07, 6.45) is 2.13. The summed E-state index contributed by atoms with van der Waals surface area (Å²) in [5.41, 5.74) is 2.69. The highest BCUT2D eigenvalue weighted by Gasteiger charge is 2.20. The van der Waals surface area contributed by atoms with Gasteiger partial charge < -0.3 is 10.6 Å². The first-order chi connectivity index (χ1) is 16.4. The maximum absolute atomic E-state index is 12.8. The summed E-state index contributed by atoms with van der Waals surface area (Å²) < 4.78 is 0. The fourth-order valence-electron chi connectivity index (χ4n) is 3.75. The van der Waals surface area contributed by atoms with Crippen molar-refractivity contribution in [2.45, 2.75) is 19.4 Å². The molecule has 2 amide bonds. The molecule has 0 saturated heterocycles. The first-order valence-electron chi connectivity index (χ1n) is 10.7. The summed E-state index contributed by atoms with van der Waals surface area (Å²) in [5.74, 6) is -0.718. The number of carbonyl (C=O) groups is 2. The minimum atomic E-state index is -0.568. The Labute approximate surface area is 195 Å². The minimum Gasteiger partial charge on any atom is -0.349 e. The quantitative estimate of drug-likeness (QED) is 0.309. The number of amides is 2. The molecule has 8 heteroatoms. The van der Waals surface area contributed by atoms with Crippen LogP contribution in [0.25, 0.3) is 10.9 Å². The molecule has 1 heterocycles. The predicted molar refractivity (Wildman–Crippen MR) is 130 cm³/mol. The number of aromatic nitrogens is 1. The van der Waals surface area contributed by atoms with Gasteiger partial charge in [-0.25, -0.2) is 0 Å². The van der Waals surface area contributed by atoms with Gasteiger partial charge in [0.1, 0.15) is 5.56 Å². The van der Waals surface area contributed by atoms with E-state index in [0.717, 1.165) is 16.5 Å². The number of nitrogens with zero attached hydrogens (tertiary/aromatic N) is 2. The number of pyridine rings is 1. The number of benzene rings is 3. The molecule has 0 aliphatic heterocycles. The lowest BCUT2D eigenvalue weighted by Crippen LogP contribution is -2.34. The van der Waals surface area contributed by atoms with Crippen LogP contribution in [0.2, 0.25) is 0 Å². The van der Waals surface area contributed by atoms with E-state index in [9.17, 15) is 19.7 Å². The minimum absolute atomic E-state index is 0.0287. The van der Waals surface area contributed by atoms with Gasteiger partial charge in [-0.3, -0.25) is 24.7 Å². The number of nitrogens with one attached hydrogen (secondary N) is 2. The summed E-state index contributed by atoms with van der Waals surface area (Å²) in [6.45, 7) is 1.83. The molecule has 0 aliphatic carbocycles. The van der Waals surface area contributed by atoms with Gasteiger partial charge in [0.25, 0.3) is 17.5 Å². The second-order valence-electron chi connectivity index (χ2n) is 7.88. The van der Waals surface area contributed by atoms with Gasteiger partial charge in [-0.2, -0.15) is 0 Å². The molecule has 1 atom stereocenters. The lowest BCUT2D eigenvalue weighted by Gasteiger charge is -2.15. The Hall–Kier alpha value is -4.59. The average molecular weight is 454 g/mol. The van der Waals surface area contributed by atoms with Crippen molar-refractivity contribution in [1.29, 1.82) is 0 Å². The van der Waals surface area contributed by atoms with Gasteiger partial charge in [-0.1, -0.05) is 42.5 Å². The predicted octanol–water partition coefficient (Wildman–Crippen LogP) is 4.76. The molecule has 0 fully saturated rings. The number of carbonyl (C=O) groups excluding carboxylic acids is 2. The summed E-state index contributed by atoms with van der Waals surface area (Å²) in [4.78, 5) is 40.2. The fourth-order valence-corrected chi connectivity index (χ4v) is 3.75. The van der Waals surface area contributed by atoms with Gasteiger partial charge in [0.05, 0.1) is 16.0 Å². The van der Waals surface area contributed by atoms with Crippen LogP contribution in [0.5, 0.6) is 0 Å². The summed E-state index contributed by atoms with van der Waals surface area (Å²) in [6, 6.07) is 22.1. The van der Waals surface area contributed by atoms with Gasteiger partial charge in [-0.05, 0) is 49.2 Å². The third kappa shape index (κ3) is 5.07. The van der Waals surface area contributed by atoms with Gasteiger partial charge in [-0.15, -0.1) is 0 Å². The van der Waals surface area contributed by atoms with E-state index in [-0.39, 0.29) is 23.2 Å². The number of hydrogen-bond donors (Lipinski definition) is 2. The van der Waals surface area contributed by atoms with Crippen molar-refractivity contribution in [1.82, 2.24) is 10.3 Å². The van der Waals surface area contributed by atoms with Crippen molar-refractivity contribution in [2.24, 2.45) is 0 Å². The highest BCUT2D eigenvalue weighted by Crippen LogP contribution is 2.20. The van der Waals surface area contributed by atoms with Crippen LogP contribution in [0.4, 0.5) is 11.4 Å². The smallest absolute Gasteiger partial charge is 0.282 e. The molecule has 3 aromatic carbocycles. The SMILES string of the molecule is CC(Cc1ccc(NC(=O)c2ccnc3ccccc23)cc1)NC(=O)c1ccccc1[N+](=O)[O-]. The van der Waals surface area contributed by atoms with Crippen molar-refractivity contribution >= 4 is 34.1 Å². The van der Waals surface area contributed by atoms with Crippen LogP contribution in [-0.2, 0) is 6.42 Å². The average Bonchev–Trinajstić information content (AvgIpc) is 2.84. The van der Waals surface area contributed by atoms with E-state index in [1.165, 1.54) is 18.2 Å². The zero-order valence-corrected chi connectivity index (χ0v) is 18.4. The van der Waals surface area contributed by atoms with Gasteiger partial charge >= 0.3 is 0 Å². The first-order valence-corrected chi connectivity index (χ1v) is 10.7. The van der Waals surface area contributed by atoms with Crippen LogP contribution in [0, 0.1) is 10.1 Å². The largest absolute Gasteiger partial charge is 0.349 e. The molecular weight excluding hydrogens is 432 g/mol. The zero-order chi connectivity index (χ0) is 24.1. The van der Waals surface area contributed by atoms with Crippen LogP contribution in [0.1, 0.15) is 33.2 Å². The maximum Gasteiger partial charge on any atom is 0.282 e. The Morgan fingerprint density at radius 1 is 0.912 bits per heavy atom. The molecule has 4 aromatic rings. The van der Waals surface area contributed by atoms with Gasteiger partial charge in [0.15, 0.2) is 0 Å². The molecule has 0 bridgehead atoms. The second kappa shape index (κ2) is 9.91. The van der Waals surface area contributed by atoms with Crippen molar-refractivity contribution in [3.8, 4) is 0 Å². The number of hydrogen-bond acceptors (Lipinski definition) is 5. The Kier molecular flexibility index (Phi) is 6.59. The maximum atomic E-state index is 12.8. The van der Waals surface area contributed by atoms with Crippen molar-refractivity contribution in [3.05, 3.63) is 112 Å². The standard InChI is InChI=1S/C26H22N4O4/c1-17(28-26(32)22-7-3-5-9-24(22)30(33)34)16-18-10-12-19(13-11-18)29-25(31)21-14-15-27-23-8-4-2-6-20(21)23/h2-15,17H,16H2,1H3,(H,28,32)(H,29,31). The number of para-hydroxylation sites is 2. The number of nitro benzene ring substituents is 1. The Morgan fingerprint density at radius 2 is 1.62 bits per heavy atom. The normalized spacial score (nSPS) is 11.6. The van der Waals surface area contributed by atoms with Crippen LogP contribution >= 0.6 is 0 Å². The lowest BCUT2D eigenvalue weighted by molar-refractivity contribution is -0.385. The summed E-state index contributed by atoms with van der Waals surface area (Å²) in [5, 5.41) is 17.6. The summed E-state index contributed by atoms with van der Waals surface area (Å²) >= 11 is 0. The van der Waals surface area contributed by atoms with E-state index in [1.54, 1.807) is 30.5 Å². The molecule has 0 saturated carbocycles. The molecule has 4 rings (SSSR count). The molecule has 34 heavy (non-hydrogen) atoms. The van der Waals surface area contributed by atoms with E-state index >= 15 is 0 Å².